The maximum atomic E-state index is 5.82. The van der Waals surface area contributed by atoms with E-state index in [0.717, 1.165) is 16.6 Å². The minimum absolute atomic E-state index is 0.371. The number of fused-ring (bicyclic) bond motifs is 1. The van der Waals surface area contributed by atoms with Crippen molar-refractivity contribution in [3.63, 3.8) is 0 Å². The topological polar surface area (TPSA) is 25.4 Å². The van der Waals surface area contributed by atoms with E-state index in [-0.39, 0.29) is 5.60 Å². The molecule has 0 fully saturated rings. The number of benzene rings is 2. The summed E-state index contributed by atoms with van der Waals surface area (Å²) < 4.78 is 5.82. The van der Waals surface area contributed by atoms with Crippen molar-refractivity contribution in [1.82, 2.24) is 4.98 Å². The predicted molar refractivity (Wildman–Crippen MR) is 118 cm³/mol. The van der Waals surface area contributed by atoms with Crippen molar-refractivity contribution in [3.05, 3.63) is 60.3 Å². The number of aromatic nitrogens is 1. The van der Waals surface area contributed by atoms with E-state index < -0.39 is 0 Å². The van der Waals surface area contributed by atoms with Crippen LogP contribution in [-0.2, 0) is 10.3 Å². The van der Waals surface area contributed by atoms with Crippen molar-refractivity contribution in [3.8, 4) is 11.1 Å². The molecule has 4 heteroatoms. The Hall–Kier alpha value is -1.83. The van der Waals surface area contributed by atoms with E-state index in [1.807, 2.05) is 12.6 Å². The predicted octanol–water partition coefficient (Wildman–Crippen LogP) is 5.44. The Balaban J connectivity index is 0.00000126. The van der Waals surface area contributed by atoms with Crippen LogP contribution in [0.25, 0.3) is 22.0 Å². The van der Waals surface area contributed by atoms with Crippen LogP contribution >= 0.6 is 0 Å². The van der Waals surface area contributed by atoms with Gasteiger partial charge in [-0.25, -0.2) is 4.98 Å². The van der Waals surface area contributed by atoms with Crippen molar-refractivity contribution in [2.45, 2.75) is 32.1 Å². The minimum atomic E-state index is -0.371. The van der Waals surface area contributed by atoms with Gasteiger partial charge in [0.1, 0.15) is 5.60 Å². The molecule has 0 saturated heterocycles. The average molecular weight is 424 g/mol. The molecule has 0 bridgehead atoms. The fraction of sp³-hybridized carbons (Fsp3) is 0.348. The molecule has 1 heterocycles. The molecule has 3 rings (SSSR count). The summed E-state index contributed by atoms with van der Waals surface area (Å²) >= 11 is 2.31. The molecule has 1 aromatic heterocycles. The third-order valence-corrected chi connectivity index (χ3v) is 4.53. The summed E-state index contributed by atoms with van der Waals surface area (Å²) in [6.07, 6.45) is 0. The van der Waals surface area contributed by atoms with E-state index in [9.17, 15) is 0 Å². The first-order valence-corrected chi connectivity index (χ1v) is 11.1. The summed E-state index contributed by atoms with van der Waals surface area (Å²) in [7, 11) is 4.11. The Bertz CT molecular complexity index is 873. The molecule has 3 nitrogen and oxygen atoms in total. The first-order chi connectivity index (χ1) is 12.9. The van der Waals surface area contributed by atoms with E-state index in [1.165, 1.54) is 16.8 Å². The number of ether oxygens (including phenoxy) is 1. The van der Waals surface area contributed by atoms with Crippen LogP contribution in [0.4, 0.5) is 5.69 Å². The van der Waals surface area contributed by atoms with Crippen LogP contribution in [0.2, 0.25) is 5.71 Å². The van der Waals surface area contributed by atoms with E-state index in [4.69, 9.17) is 9.72 Å². The van der Waals surface area contributed by atoms with Crippen molar-refractivity contribution in [2.75, 3.05) is 25.6 Å². The Morgan fingerprint density at radius 3 is 2.15 bits per heavy atom. The first-order valence-electron chi connectivity index (χ1n) is 9.18. The Kier molecular flexibility index (Phi) is 7.47. The van der Waals surface area contributed by atoms with Gasteiger partial charge < -0.3 is 9.64 Å². The summed E-state index contributed by atoms with van der Waals surface area (Å²) in [5.41, 5.74) is 7.15. The standard InChI is InChI=1S/C22H26N2O.CH3As/c1-6-25-22(2,3)21-14-10-18-15-17(9-13-20(18)23-21)16-7-11-19(12-8-16)24(4)5;1-2/h7-15H,6H2,1-5H3;1H3. The molecular weight excluding hydrogens is 395 g/mol. The molecule has 0 spiro atoms. The molecule has 0 aliphatic rings. The SMILES string of the molecule is CCOC(C)(C)c1ccc2cc(-c3ccc(N(C)C)cc3)ccc2n1.C[As]. The molecule has 0 aliphatic heterocycles. The summed E-state index contributed by atoms with van der Waals surface area (Å²) in [5.74, 6) is 0. The van der Waals surface area contributed by atoms with Gasteiger partial charge in [0.25, 0.3) is 0 Å². The number of nitrogens with zero attached hydrogens (tertiary/aromatic N) is 2. The molecule has 0 saturated carbocycles. The van der Waals surface area contributed by atoms with Crippen molar-refractivity contribution >= 4 is 33.4 Å². The second-order valence-electron chi connectivity index (χ2n) is 6.99. The van der Waals surface area contributed by atoms with Gasteiger partial charge in [0.05, 0.1) is 11.2 Å². The molecule has 0 unspecified atom stereocenters. The third kappa shape index (κ3) is 5.12. The van der Waals surface area contributed by atoms with Crippen LogP contribution in [0.5, 0.6) is 0 Å². The van der Waals surface area contributed by atoms with Gasteiger partial charge in [-0.05, 0) is 62.2 Å². The summed E-state index contributed by atoms with van der Waals surface area (Å²) in [4.78, 5) is 6.91. The molecule has 2 aromatic carbocycles. The molecule has 0 N–H and O–H groups in total. The first kappa shape index (κ1) is 21.5. The van der Waals surface area contributed by atoms with Gasteiger partial charge in [-0.2, -0.15) is 0 Å². The van der Waals surface area contributed by atoms with Crippen LogP contribution in [0.15, 0.2) is 54.6 Å². The fourth-order valence-corrected chi connectivity index (χ4v) is 3.03. The van der Waals surface area contributed by atoms with Crippen molar-refractivity contribution in [1.29, 1.82) is 0 Å². The van der Waals surface area contributed by atoms with Crippen LogP contribution in [0, 0.1) is 0 Å². The Morgan fingerprint density at radius 2 is 1.56 bits per heavy atom. The fourth-order valence-electron chi connectivity index (χ4n) is 3.03. The summed E-state index contributed by atoms with van der Waals surface area (Å²) in [6.45, 7) is 6.81. The summed E-state index contributed by atoms with van der Waals surface area (Å²) in [5, 5.41) is 1.14. The second-order valence-corrected chi connectivity index (χ2v) is 6.99. The van der Waals surface area contributed by atoms with Gasteiger partial charge in [0.2, 0.25) is 0 Å². The van der Waals surface area contributed by atoms with E-state index in [1.54, 1.807) is 0 Å². The molecular formula is C23H29AsN2O. The van der Waals surface area contributed by atoms with Crippen LogP contribution in [0.3, 0.4) is 0 Å². The van der Waals surface area contributed by atoms with Gasteiger partial charge in [0.15, 0.2) is 0 Å². The number of anilines is 1. The number of pyridine rings is 1. The second kappa shape index (κ2) is 9.39. The molecule has 2 radical (unpaired) electrons. The zero-order valence-electron chi connectivity index (χ0n) is 17.2. The average Bonchev–Trinajstić information content (AvgIpc) is 2.68. The van der Waals surface area contributed by atoms with Crippen LogP contribution in [-0.4, -0.2) is 42.5 Å². The van der Waals surface area contributed by atoms with Crippen LogP contribution in [0.1, 0.15) is 26.5 Å². The number of hydrogen-bond acceptors (Lipinski definition) is 3. The van der Waals surface area contributed by atoms with Gasteiger partial charge >= 0.3 is 22.6 Å². The van der Waals surface area contributed by atoms with Gasteiger partial charge in [-0.15, -0.1) is 0 Å². The number of hydrogen-bond donors (Lipinski definition) is 0. The van der Waals surface area contributed by atoms with Gasteiger partial charge in [0, 0.05) is 31.8 Å². The quantitative estimate of drug-likeness (QED) is 0.510. The third-order valence-electron chi connectivity index (χ3n) is 4.53. The zero-order valence-corrected chi connectivity index (χ0v) is 19.0. The van der Waals surface area contributed by atoms with Crippen molar-refractivity contribution in [2.24, 2.45) is 0 Å². The van der Waals surface area contributed by atoms with Crippen LogP contribution < -0.4 is 4.90 Å². The molecule has 0 aliphatic carbocycles. The molecule has 27 heavy (non-hydrogen) atoms. The Morgan fingerprint density at radius 1 is 0.926 bits per heavy atom. The van der Waals surface area contributed by atoms with Gasteiger partial charge in [-0.1, -0.05) is 24.3 Å². The summed E-state index contributed by atoms with van der Waals surface area (Å²) in [6, 6.07) is 19.2. The molecule has 0 amide bonds. The normalized spacial score (nSPS) is 11.1. The van der Waals surface area contributed by atoms with Gasteiger partial charge in [-0.3, -0.25) is 0 Å². The molecule has 3 aromatic rings. The Labute approximate surface area is 172 Å². The maximum absolute atomic E-state index is 5.82. The van der Waals surface area contributed by atoms with E-state index >= 15 is 0 Å². The monoisotopic (exact) mass is 424 g/mol. The molecule has 0 atom stereocenters. The van der Waals surface area contributed by atoms with E-state index in [0.29, 0.717) is 6.61 Å². The zero-order chi connectivity index (χ0) is 20.0. The van der Waals surface area contributed by atoms with E-state index in [2.05, 4.69) is 104 Å². The van der Waals surface area contributed by atoms with Crippen molar-refractivity contribution < 1.29 is 4.74 Å². The number of rotatable bonds is 5. The molecule has 142 valence electrons.